The lowest BCUT2D eigenvalue weighted by atomic mass is 10.2. The van der Waals surface area contributed by atoms with Crippen molar-refractivity contribution in [1.82, 2.24) is 9.88 Å². The SMILES string of the molecule is I.NC(=NCc1cc2ccccc2[nH]1)N1CCCCCC1. The van der Waals surface area contributed by atoms with Gasteiger partial charge in [0, 0.05) is 24.3 Å². The average molecular weight is 398 g/mol. The second-order valence-electron chi connectivity index (χ2n) is 5.46. The van der Waals surface area contributed by atoms with Crippen LogP contribution in [0.25, 0.3) is 10.9 Å². The van der Waals surface area contributed by atoms with E-state index in [9.17, 15) is 0 Å². The molecule has 3 N–H and O–H groups in total. The Labute approximate surface area is 142 Å². The molecule has 1 aliphatic heterocycles. The van der Waals surface area contributed by atoms with Gasteiger partial charge in [-0.05, 0) is 30.4 Å². The Bertz CT molecular complexity index is 564. The third-order valence-electron chi connectivity index (χ3n) is 3.93. The maximum atomic E-state index is 6.12. The van der Waals surface area contributed by atoms with Crippen LogP contribution < -0.4 is 5.73 Å². The van der Waals surface area contributed by atoms with Crippen molar-refractivity contribution in [3.05, 3.63) is 36.0 Å². The number of guanidine groups is 1. The van der Waals surface area contributed by atoms with Crippen LogP contribution in [0, 0.1) is 0 Å². The van der Waals surface area contributed by atoms with Gasteiger partial charge in [0.2, 0.25) is 0 Å². The van der Waals surface area contributed by atoms with Gasteiger partial charge in [0.15, 0.2) is 5.96 Å². The summed E-state index contributed by atoms with van der Waals surface area (Å²) in [7, 11) is 0. The van der Waals surface area contributed by atoms with Crippen LogP contribution in [0.3, 0.4) is 0 Å². The van der Waals surface area contributed by atoms with Crippen molar-refractivity contribution in [3.8, 4) is 0 Å². The van der Waals surface area contributed by atoms with Gasteiger partial charge >= 0.3 is 0 Å². The second-order valence-corrected chi connectivity index (χ2v) is 5.46. The van der Waals surface area contributed by atoms with E-state index in [0.717, 1.165) is 24.3 Å². The van der Waals surface area contributed by atoms with Crippen LogP contribution in [-0.4, -0.2) is 28.9 Å². The van der Waals surface area contributed by atoms with Crippen molar-refractivity contribution in [3.63, 3.8) is 0 Å². The number of nitrogens with one attached hydrogen (secondary N) is 1. The summed E-state index contributed by atoms with van der Waals surface area (Å²) in [6.45, 7) is 2.71. The molecule has 2 heterocycles. The number of fused-ring (bicyclic) bond motifs is 1. The molecule has 4 nitrogen and oxygen atoms in total. The van der Waals surface area contributed by atoms with Crippen molar-refractivity contribution < 1.29 is 0 Å². The number of aliphatic imine (C=N–C) groups is 1. The molecule has 1 aromatic carbocycles. The number of aromatic nitrogens is 1. The van der Waals surface area contributed by atoms with E-state index in [4.69, 9.17) is 5.73 Å². The van der Waals surface area contributed by atoms with E-state index in [0.29, 0.717) is 12.5 Å². The van der Waals surface area contributed by atoms with Gasteiger partial charge in [-0.2, -0.15) is 0 Å². The minimum Gasteiger partial charge on any atom is -0.370 e. The number of nitrogens with two attached hydrogens (primary N) is 1. The van der Waals surface area contributed by atoms with Crippen LogP contribution in [-0.2, 0) is 6.54 Å². The minimum absolute atomic E-state index is 0. The van der Waals surface area contributed by atoms with Gasteiger partial charge in [-0.15, -0.1) is 24.0 Å². The predicted molar refractivity (Wildman–Crippen MR) is 99.1 cm³/mol. The standard InChI is InChI=1S/C16H22N4.HI/c17-16(20-9-5-1-2-6-10-20)18-12-14-11-13-7-3-4-8-15(13)19-14;/h3-4,7-8,11,19H,1-2,5-6,9-10,12H2,(H2,17,18);1H. The molecule has 0 radical (unpaired) electrons. The highest BCUT2D eigenvalue weighted by molar-refractivity contribution is 14.0. The van der Waals surface area contributed by atoms with Crippen LogP contribution in [0.15, 0.2) is 35.3 Å². The van der Waals surface area contributed by atoms with Crippen molar-refractivity contribution >= 4 is 40.8 Å². The van der Waals surface area contributed by atoms with Gasteiger partial charge in [0.25, 0.3) is 0 Å². The Morgan fingerprint density at radius 1 is 1.14 bits per heavy atom. The molecule has 1 aliphatic rings. The summed E-state index contributed by atoms with van der Waals surface area (Å²) in [5.41, 5.74) is 8.40. The van der Waals surface area contributed by atoms with Crippen molar-refractivity contribution in [2.45, 2.75) is 32.2 Å². The fourth-order valence-corrected chi connectivity index (χ4v) is 2.78. The Kier molecular flexibility index (Phi) is 5.90. The molecule has 1 fully saturated rings. The Balaban J connectivity index is 0.00000161. The molecular weight excluding hydrogens is 375 g/mol. The highest BCUT2D eigenvalue weighted by Crippen LogP contribution is 2.15. The van der Waals surface area contributed by atoms with Crippen molar-refractivity contribution in [2.75, 3.05) is 13.1 Å². The summed E-state index contributed by atoms with van der Waals surface area (Å²) in [5, 5.41) is 1.23. The summed E-state index contributed by atoms with van der Waals surface area (Å²) in [5.74, 6) is 0.686. The number of halogens is 1. The van der Waals surface area contributed by atoms with Gasteiger partial charge in [0.05, 0.1) is 6.54 Å². The van der Waals surface area contributed by atoms with Gasteiger partial charge in [-0.3, -0.25) is 0 Å². The first-order valence-corrected chi connectivity index (χ1v) is 7.44. The number of rotatable bonds is 2. The predicted octanol–water partition coefficient (Wildman–Crippen LogP) is 3.48. The molecule has 114 valence electrons. The first-order chi connectivity index (χ1) is 9.83. The normalized spacial score (nSPS) is 16.6. The Morgan fingerprint density at radius 3 is 2.57 bits per heavy atom. The molecular formula is C16H23IN4. The summed E-state index contributed by atoms with van der Waals surface area (Å²) in [6.07, 6.45) is 5.07. The third-order valence-corrected chi connectivity index (χ3v) is 3.93. The molecule has 0 unspecified atom stereocenters. The van der Waals surface area contributed by atoms with Crippen LogP contribution in [0.1, 0.15) is 31.4 Å². The molecule has 0 spiro atoms. The lowest BCUT2D eigenvalue weighted by molar-refractivity contribution is 0.428. The highest BCUT2D eigenvalue weighted by Gasteiger charge is 2.10. The molecule has 2 aromatic rings. The van der Waals surface area contributed by atoms with Gasteiger partial charge in [0.1, 0.15) is 0 Å². The van der Waals surface area contributed by atoms with Gasteiger partial charge in [-0.1, -0.05) is 31.0 Å². The number of para-hydroxylation sites is 1. The highest BCUT2D eigenvalue weighted by atomic mass is 127. The summed E-state index contributed by atoms with van der Waals surface area (Å²) in [4.78, 5) is 10.1. The average Bonchev–Trinajstić information content (AvgIpc) is 2.69. The molecule has 0 amide bonds. The molecule has 21 heavy (non-hydrogen) atoms. The quantitative estimate of drug-likeness (QED) is 0.463. The van der Waals surface area contributed by atoms with E-state index in [1.54, 1.807) is 0 Å². The molecule has 5 heteroatoms. The minimum atomic E-state index is 0. The number of benzene rings is 1. The number of nitrogens with zero attached hydrogens (tertiary/aromatic N) is 2. The van der Waals surface area contributed by atoms with E-state index >= 15 is 0 Å². The topological polar surface area (TPSA) is 57.4 Å². The largest absolute Gasteiger partial charge is 0.370 e. The molecule has 0 saturated carbocycles. The lowest BCUT2D eigenvalue weighted by Crippen LogP contribution is -2.38. The van der Waals surface area contributed by atoms with Gasteiger partial charge < -0.3 is 15.6 Å². The number of H-pyrrole nitrogens is 1. The van der Waals surface area contributed by atoms with Crippen LogP contribution >= 0.6 is 24.0 Å². The summed E-state index contributed by atoms with van der Waals surface area (Å²) >= 11 is 0. The van der Waals surface area contributed by atoms with Crippen LogP contribution in [0.4, 0.5) is 0 Å². The number of hydrogen-bond acceptors (Lipinski definition) is 1. The lowest BCUT2D eigenvalue weighted by Gasteiger charge is -2.20. The van der Waals surface area contributed by atoms with Crippen molar-refractivity contribution in [1.29, 1.82) is 0 Å². The fraction of sp³-hybridized carbons (Fsp3) is 0.438. The van der Waals surface area contributed by atoms with E-state index in [1.165, 1.54) is 31.1 Å². The monoisotopic (exact) mass is 398 g/mol. The maximum Gasteiger partial charge on any atom is 0.191 e. The summed E-state index contributed by atoms with van der Waals surface area (Å²) < 4.78 is 0. The molecule has 3 rings (SSSR count). The van der Waals surface area contributed by atoms with E-state index in [2.05, 4.69) is 39.1 Å². The molecule has 0 atom stereocenters. The zero-order valence-electron chi connectivity index (χ0n) is 12.2. The van der Waals surface area contributed by atoms with Gasteiger partial charge in [-0.25, -0.2) is 4.99 Å². The number of likely N-dealkylation sites (tertiary alicyclic amines) is 1. The zero-order valence-corrected chi connectivity index (χ0v) is 14.5. The fourth-order valence-electron chi connectivity index (χ4n) is 2.78. The first kappa shape index (κ1) is 16.1. The Morgan fingerprint density at radius 2 is 1.86 bits per heavy atom. The third kappa shape index (κ3) is 4.12. The van der Waals surface area contributed by atoms with Crippen LogP contribution in [0.2, 0.25) is 0 Å². The zero-order chi connectivity index (χ0) is 13.8. The van der Waals surface area contributed by atoms with E-state index in [1.807, 2.05) is 6.07 Å². The number of aromatic amines is 1. The Hall–Kier alpha value is -1.24. The molecule has 1 aromatic heterocycles. The van der Waals surface area contributed by atoms with Crippen molar-refractivity contribution in [2.24, 2.45) is 10.7 Å². The first-order valence-electron chi connectivity index (χ1n) is 7.44. The smallest absolute Gasteiger partial charge is 0.191 e. The van der Waals surface area contributed by atoms with Crippen LogP contribution in [0.5, 0.6) is 0 Å². The second kappa shape index (κ2) is 7.68. The van der Waals surface area contributed by atoms with E-state index < -0.39 is 0 Å². The maximum absolute atomic E-state index is 6.12. The summed E-state index contributed by atoms with van der Waals surface area (Å²) in [6, 6.07) is 10.4. The molecule has 0 aliphatic carbocycles. The molecule has 0 bridgehead atoms. The number of hydrogen-bond donors (Lipinski definition) is 2. The molecule has 1 saturated heterocycles. The van der Waals surface area contributed by atoms with E-state index in [-0.39, 0.29) is 24.0 Å².